The fourth-order valence-electron chi connectivity index (χ4n) is 1.33. The van der Waals surface area contributed by atoms with Crippen LogP contribution in [0.4, 0.5) is 19.0 Å². The molecule has 4 nitrogen and oxygen atoms in total. The predicted molar refractivity (Wildman–Crippen MR) is 60.0 cm³/mol. The van der Waals surface area contributed by atoms with Crippen LogP contribution in [0.1, 0.15) is 0 Å². The molecule has 92 valence electrons. The molecular weight excluding hydrogens is 253 g/mol. The van der Waals surface area contributed by atoms with E-state index in [1.54, 1.807) is 29.2 Å². The van der Waals surface area contributed by atoms with Gasteiger partial charge in [-0.1, -0.05) is 0 Å². The summed E-state index contributed by atoms with van der Waals surface area (Å²) in [6.45, 7) is 0.196. The lowest BCUT2D eigenvalue weighted by molar-refractivity contribution is -0.0327. The molecule has 0 aliphatic rings. The first kappa shape index (κ1) is 12.0. The largest absolute Gasteiger partial charge is 0.441 e. The summed E-state index contributed by atoms with van der Waals surface area (Å²) in [7, 11) is 0. The fourth-order valence-corrected chi connectivity index (χ4v) is 1.77. The van der Waals surface area contributed by atoms with Crippen LogP contribution in [0.15, 0.2) is 24.7 Å². The first-order chi connectivity index (χ1) is 8.06. The molecule has 1 N–H and O–H groups in total. The molecule has 0 bridgehead atoms. The zero-order chi connectivity index (χ0) is 12.3. The van der Waals surface area contributed by atoms with Crippen LogP contribution < -0.4 is 5.32 Å². The maximum atomic E-state index is 11.9. The first-order valence-corrected chi connectivity index (χ1v) is 5.78. The average Bonchev–Trinajstić information content (AvgIpc) is 2.71. The monoisotopic (exact) mass is 262 g/mol. The van der Waals surface area contributed by atoms with E-state index < -0.39 is 5.51 Å². The molecule has 17 heavy (non-hydrogen) atoms. The molecule has 0 aliphatic carbocycles. The number of alkyl halides is 3. The maximum absolute atomic E-state index is 11.9. The summed E-state index contributed by atoms with van der Waals surface area (Å²) in [4.78, 5) is 4.05. The van der Waals surface area contributed by atoms with Crippen LogP contribution in [0.5, 0.6) is 0 Å². The fraction of sp³-hybridized carbons (Fsp3) is 0.333. The summed E-state index contributed by atoms with van der Waals surface area (Å²) in [6.07, 6.45) is 4.82. The van der Waals surface area contributed by atoms with E-state index in [9.17, 15) is 13.2 Å². The van der Waals surface area contributed by atoms with Crippen LogP contribution >= 0.6 is 11.8 Å². The van der Waals surface area contributed by atoms with E-state index in [4.69, 9.17) is 0 Å². The maximum Gasteiger partial charge on any atom is 0.441 e. The minimum Gasteiger partial charge on any atom is -0.367 e. The quantitative estimate of drug-likeness (QED) is 0.859. The Morgan fingerprint density at radius 2 is 2.18 bits per heavy atom. The van der Waals surface area contributed by atoms with Crippen molar-refractivity contribution in [3.63, 3.8) is 0 Å². The van der Waals surface area contributed by atoms with Gasteiger partial charge in [0.05, 0.1) is 6.20 Å². The van der Waals surface area contributed by atoms with E-state index in [1.807, 2.05) is 0 Å². The summed E-state index contributed by atoms with van der Waals surface area (Å²) in [5, 5.41) is 6.85. The van der Waals surface area contributed by atoms with Gasteiger partial charge in [-0.25, -0.2) is 9.50 Å². The molecule has 0 spiro atoms. The number of nitrogens with zero attached hydrogens (tertiary/aromatic N) is 3. The normalized spacial score (nSPS) is 11.9. The predicted octanol–water partition coefficient (Wildman–Crippen LogP) is 2.39. The highest BCUT2D eigenvalue weighted by molar-refractivity contribution is 8.00. The van der Waals surface area contributed by atoms with Gasteiger partial charge in [0.1, 0.15) is 5.52 Å². The van der Waals surface area contributed by atoms with Crippen molar-refractivity contribution in [1.29, 1.82) is 0 Å². The summed E-state index contributed by atoms with van der Waals surface area (Å²) < 4.78 is 37.3. The van der Waals surface area contributed by atoms with Gasteiger partial charge in [0, 0.05) is 24.7 Å². The third-order valence-electron chi connectivity index (χ3n) is 1.98. The molecule has 0 saturated heterocycles. The van der Waals surface area contributed by atoms with Gasteiger partial charge in [0.25, 0.3) is 0 Å². The summed E-state index contributed by atoms with van der Waals surface area (Å²) >= 11 is -0.0524. The Labute approximate surface area is 99.2 Å². The number of anilines is 1. The smallest absolute Gasteiger partial charge is 0.367 e. The number of halogens is 3. The zero-order valence-electron chi connectivity index (χ0n) is 8.61. The van der Waals surface area contributed by atoms with Crippen molar-refractivity contribution < 1.29 is 13.2 Å². The molecule has 2 rings (SSSR count). The van der Waals surface area contributed by atoms with Crippen LogP contribution in [0.2, 0.25) is 0 Å². The average molecular weight is 262 g/mol. The molecule has 2 heterocycles. The molecule has 0 atom stereocenters. The molecule has 2 aromatic heterocycles. The van der Waals surface area contributed by atoms with Gasteiger partial charge >= 0.3 is 5.51 Å². The minimum absolute atomic E-state index is 0.0524. The Kier molecular flexibility index (Phi) is 3.41. The Balaban J connectivity index is 1.93. The standard InChI is InChI=1S/C9H9F3N4S/c10-9(11,12)17-6-4-14-8-7-1-2-15-16(7)5-3-13-8/h1-3,5H,4,6H2,(H,13,14). The van der Waals surface area contributed by atoms with E-state index in [1.165, 1.54) is 0 Å². The Hall–Kier alpha value is -1.44. The highest BCUT2D eigenvalue weighted by Gasteiger charge is 2.27. The number of hydrogen-bond donors (Lipinski definition) is 1. The second kappa shape index (κ2) is 4.82. The third kappa shape index (κ3) is 3.26. The van der Waals surface area contributed by atoms with E-state index in [0.717, 1.165) is 5.52 Å². The number of nitrogens with one attached hydrogen (secondary N) is 1. The van der Waals surface area contributed by atoms with Crippen LogP contribution in [0, 0.1) is 0 Å². The van der Waals surface area contributed by atoms with Gasteiger partial charge in [0.15, 0.2) is 5.82 Å². The van der Waals surface area contributed by atoms with Crippen molar-refractivity contribution in [3.05, 3.63) is 24.7 Å². The lowest BCUT2D eigenvalue weighted by atomic mass is 10.4. The van der Waals surface area contributed by atoms with Gasteiger partial charge in [-0.2, -0.15) is 18.3 Å². The van der Waals surface area contributed by atoms with E-state index >= 15 is 0 Å². The molecule has 0 amide bonds. The third-order valence-corrected chi connectivity index (χ3v) is 2.72. The highest BCUT2D eigenvalue weighted by Crippen LogP contribution is 2.29. The summed E-state index contributed by atoms with van der Waals surface area (Å²) in [6, 6.07) is 1.74. The van der Waals surface area contributed by atoms with Crippen molar-refractivity contribution in [2.24, 2.45) is 0 Å². The lowest BCUT2D eigenvalue weighted by Gasteiger charge is -2.08. The second-order valence-electron chi connectivity index (χ2n) is 3.16. The number of fused-ring (bicyclic) bond motifs is 1. The van der Waals surface area contributed by atoms with Crippen LogP contribution in [0.3, 0.4) is 0 Å². The molecular formula is C9H9F3N4S. The van der Waals surface area contributed by atoms with Crippen LogP contribution in [0.25, 0.3) is 5.52 Å². The Morgan fingerprint density at radius 1 is 1.35 bits per heavy atom. The molecule has 8 heteroatoms. The number of hydrogen-bond acceptors (Lipinski definition) is 4. The molecule has 0 saturated carbocycles. The number of rotatable bonds is 4. The topological polar surface area (TPSA) is 42.2 Å². The summed E-state index contributed by atoms with van der Waals surface area (Å²) in [5.74, 6) is 0.480. The van der Waals surface area contributed by atoms with Crippen LogP contribution in [-0.4, -0.2) is 32.4 Å². The lowest BCUT2D eigenvalue weighted by Crippen LogP contribution is -2.11. The molecule has 0 fully saturated rings. The first-order valence-electron chi connectivity index (χ1n) is 4.79. The SMILES string of the molecule is FC(F)(F)SCCNc1nccn2nccc12. The van der Waals surface area contributed by atoms with Crippen LogP contribution in [-0.2, 0) is 0 Å². The summed E-state index contributed by atoms with van der Waals surface area (Å²) in [5.41, 5.74) is -3.44. The van der Waals surface area contributed by atoms with Gasteiger partial charge in [-0.05, 0) is 17.8 Å². The Morgan fingerprint density at radius 3 is 2.94 bits per heavy atom. The zero-order valence-corrected chi connectivity index (χ0v) is 9.42. The van der Waals surface area contributed by atoms with Crippen molar-refractivity contribution in [2.45, 2.75) is 5.51 Å². The van der Waals surface area contributed by atoms with Crippen molar-refractivity contribution in [2.75, 3.05) is 17.6 Å². The Bertz CT molecular complexity index is 496. The molecule has 0 aromatic carbocycles. The number of aromatic nitrogens is 3. The molecule has 0 radical (unpaired) electrons. The van der Waals surface area contributed by atoms with Gasteiger partial charge in [-0.15, -0.1) is 0 Å². The molecule has 0 aliphatic heterocycles. The van der Waals surface area contributed by atoms with Crippen molar-refractivity contribution in [1.82, 2.24) is 14.6 Å². The minimum atomic E-state index is -4.18. The second-order valence-corrected chi connectivity index (χ2v) is 4.32. The van der Waals surface area contributed by atoms with Gasteiger partial charge in [0.2, 0.25) is 0 Å². The van der Waals surface area contributed by atoms with Gasteiger partial charge in [-0.3, -0.25) is 0 Å². The van der Waals surface area contributed by atoms with Crippen molar-refractivity contribution in [3.8, 4) is 0 Å². The van der Waals surface area contributed by atoms with Crippen molar-refractivity contribution >= 4 is 23.1 Å². The van der Waals surface area contributed by atoms with E-state index in [2.05, 4.69) is 15.4 Å². The number of thioether (sulfide) groups is 1. The van der Waals surface area contributed by atoms with E-state index in [-0.39, 0.29) is 24.1 Å². The van der Waals surface area contributed by atoms with E-state index in [0.29, 0.717) is 5.82 Å². The molecule has 0 unspecified atom stereocenters. The molecule has 2 aromatic rings. The van der Waals surface area contributed by atoms with Gasteiger partial charge < -0.3 is 5.32 Å². The highest BCUT2D eigenvalue weighted by atomic mass is 32.2.